The van der Waals surface area contributed by atoms with Gasteiger partial charge in [-0.2, -0.15) is 0 Å². The summed E-state index contributed by atoms with van der Waals surface area (Å²) in [6, 6.07) is 13.7. The van der Waals surface area contributed by atoms with Gasteiger partial charge in [0.15, 0.2) is 0 Å². The van der Waals surface area contributed by atoms with Crippen LogP contribution in [0.25, 0.3) is 0 Å². The van der Waals surface area contributed by atoms with Crippen molar-refractivity contribution in [2.24, 2.45) is 0 Å². The van der Waals surface area contributed by atoms with Crippen molar-refractivity contribution in [2.45, 2.75) is 42.4 Å². The van der Waals surface area contributed by atoms with Crippen LogP contribution in [0.2, 0.25) is 0 Å². The maximum atomic E-state index is 13.0. The lowest BCUT2D eigenvalue weighted by molar-refractivity contribution is -0.131. The van der Waals surface area contributed by atoms with Crippen molar-refractivity contribution in [3.8, 4) is 5.75 Å². The molecule has 0 bridgehead atoms. The highest BCUT2D eigenvalue weighted by Crippen LogP contribution is 2.38. The quantitative estimate of drug-likeness (QED) is 0.839. The molecule has 0 spiro atoms. The van der Waals surface area contributed by atoms with Gasteiger partial charge in [-0.25, -0.2) is 0 Å². The van der Waals surface area contributed by atoms with E-state index in [2.05, 4.69) is 30.4 Å². The lowest BCUT2D eigenvalue weighted by Crippen LogP contribution is -2.48. The molecule has 5 nitrogen and oxygen atoms in total. The average Bonchev–Trinajstić information content (AvgIpc) is 3.17. The highest BCUT2D eigenvalue weighted by Gasteiger charge is 2.33. The standard InChI is InChI=1S/C23H26N2O3S/c1-15-6-7-16-14-21(29-20(16)12-15)23(27)25-10-8-18(9-11-25)24-22(26)17-4-3-5-19(13-17)28-2/h3-7,12-13,18,21H,8-11,14H2,1-2H3,(H,24,26)/t21-/m0/s1. The Hall–Kier alpha value is -2.47. The molecule has 152 valence electrons. The van der Waals surface area contributed by atoms with Gasteiger partial charge in [0.1, 0.15) is 5.75 Å². The first kappa shape index (κ1) is 19.8. The number of thioether (sulfide) groups is 1. The van der Waals surface area contributed by atoms with E-state index in [-0.39, 0.29) is 23.1 Å². The van der Waals surface area contributed by atoms with Gasteiger partial charge in [-0.15, -0.1) is 11.8 Å². The fourth-order valence-electron chi connectivity index (χ4n) is 3.95. The molecule has 1 atom stereocenters. The van der Waals surface area contributed by atoms with Crippen LogP contribution >= 0.6 is 11.8 Å². The lowest BCUT2D eigenvalue weighted by Gasteiger charge is -2.33. The van der Waals surface area contributed by atoms with E-state index in [1.54, 1.807) is 31.0 Å². The van der Waals surface area contributed by atoms with Crippen molar-refractivity contribution in [3.05, 3.63) is 59.2 Å². The number of hydrogen-bond donors (Lipinski definition) is 1. The Balaban J connectivity index is 1.29. The SMILES string of the molecule is COc1cccc(C(=O)NC2CCN(C(=O)[C@@H]3Cc4ccc(C)cc4S3)CC2)c1. The van der Waals surface area contributed by atoms with E-state index in [1.807, 2.05) is 17.0 Å². The zero-order valence-electron chi connectivity index (χ0n) is 16.8. The molecule has 1 N–H and O–H groups in total. The smallest absolute Gasteiger partial charge is 0.251 e. The Bertz CT molecular complexity index is 922. The minimum atomic E-state index is -0.0918. The maximum absolute atomic E-state index is 13.0. The van der Waals surface area contributed by atoms with Crippen LogP contribution in [0.5, 0.6) is 5.75 Å². The van der Waals surface area contributed by atoms with Crippen LogP contribution in [-0.2, 0) is 11.2 Å². The number of likely N-dealkylation sites (tertiary alicyclic amines) is 1. The summed E-state index contributed by atoms with van der Waals surface area (Å²) in [7, 11) is 1.59. The first-order valence-electron chi connectivity index (χ1n) is 10.0. The van der Waals surface area contributed by atoms with Crippen molar-refractivity contribution < 1.29 is 14.3 Å². The van der Waals surface area contributed by atoms with E-state index >= 15 is 0 Å². The molecule has 0 saturated carbocycles. The zero-order chi connectivity index (χ0) is 20.4. The van der Waals surface area contributed by atoms with Gasteiger partial charge in [0.2, 0.25) is 5.91 Å². The zero-order valence-corrected chi connectivity index (χ0v) is 17.6. The van der Waals surface area contributed by atoms with Crippen LogP contribution in [0, 0.1) is 6.92 Å². The second kappa shape index (κ2) is 8.49. The normalized spacial score (nSPS) is 19.0. The third kappa shape index (κ3) is 4.42. The molecule has 2 aliphatic rings. The van der Waals surface area contributed by atoms with Gasteiger partial charge in [-0.05, 0) is 56.0 Å². The highest BCUT2D eigenvalue weighted by atomic mass is 32.2. The van der Waals surface area contributed by atoms with E-state index in [1.165, 1.54) is 16.0 Å². The predicted molar refractivity (Wildman–Crippen MR) is 115 cm³/mol. The number of benzene rings is 2. The van der Waals surface area contributed by atoms with Crippen LogP contribution in [0.4, 0.5) is 0 Å². The number of nitrogens with one attached hydrogen (secondary N) is 1. The van der Waals surface area contributed by atoms with Gasteiger partial charge >= 0.3 is 0 Å². The Morgan fingerprint density at radius 3 is 2.69 bits per heavy atom. The minimum Gasteiger partial charge on any atom is -0.497 e. The minimum absolute atomic E-state index is 0.0188. The summed E-state index contributed by atoms with van der Waals surface area (Å²) in [5, 5.41) is 3.08. The number of hydrogen-bond acceptors (Lipinski definition) is 4. The summed E-state index contributed by atoms with van der Waals surface area (Å²) in [4.78, 5) is 28.7. The number of ether oxygens (including phenoxy) is 1. The van der Waals surface area contributed by atoms with Crippen molar-refractivity contribution in [2.75, 3.05) is 20.2 Å². The molecule has 0 aromatic heterocycles. The second-order valence-electron chi connectivity index (χ2n) is 7.73. The van der Waals surface area contributed by atoms with E-state index in [4.69, 9.17) is 4.74 Å². The van der Waals surface area contributed by atoms with Crippen LogP contribution in [0.15, 0.2) is 47.4 Å². The monoisotopic (exact) mass is 410 g/mol. The molecule has 2 aromatic carbocycles. The van der Waals surface area contributed by atoms with Crippen LogP contribution in [0.1, 0.15) is 34.3 Å². The van der Waals surface area contributed by atoms with Crippen molar-refractivity contribution in [1.82, 2.24) is 10.2 Å². The van der Waals surface area contributed by atoms with Crippen LogP contribution in [-0.4, -0.2) is 48.2 Å². The predicted octanol–water partition coefficient (Wildman–Crippen LogP) is 3.44. The maximum Gasteiger partial charge on any atom is 0.251 e. The van der Waals surface area contributed by atoms with Gasteiger partial charge in [0.25, 0.3) is 5.91 Å². The molecular weight excluding hydrogens is 384 g/mol. The van der Waals surface area contributed by atoms with Crippen LogP contribution in [0.3, 0.4) is 0 Å². The van der Waals surface area contributed by atoms with Gasteiger partial charge in [-0.1, -0.05) is 23.8 Å². The Morgan fingerprint density at radius 1 is 1.14 bits per heavy atom. The number of amides is 2. The van der Waals surface area contributed by atoms with Crippen LogP contribution < -0.4 is 10.1 Å². The third-order valence-electron chi connectivity index (χ3n) is 5.65. The van der Waals surface area contributed by atoms with E-state index < -0.39 is 0 Å². The lowest BCUT2D eigenvalue weighted by atomic mass is 10.0. The number of carbonyl (C=O) groups excluding carboxylic acids is 2. The van der Waals surface area contributed by atoms with Gasteiger partial charge < -0.3 is 15.0 Å². The van der Waals surface area contributed by atoms with Crippen molar-refractivity contribution in [1.29, 1.82) is 0 Å². The Kier molecular flexibility index (Phi) is 5.81. The molecule has 0 unspecified atom stereocenters. The summed E-state index contributed by atoms with van der Waals surface area (Å²) in [5.74, 6) is 0.801. The molecule has 0 aliphatic carbocycles. The number of nitrogens with zero attached hydrogens (tertiary/aromatic N) is 1. The number of carbonyl (C=O) groups is 2. The first-order chi connectivity index (χ1) is 14.0. The van der Waals surface area contributed by atoms with E-state index in [9.17, 15) is 9.59 Å². The fourth-order valence-corrected chi connectivity index (χ4v) is 5.33. The summed E-state index contributed by atoms with van der Waals surface area (Å²) in [5.41, 5.74) is 3.11. The summed E-state index contributed by atoms with van der Waals surface area (Å²) in [6.45, 7) is 3.46. The molecule has 2 aliphatic heterocycles. The molecule has 6 heteroatoms. The molecule has 1 fully saturated rings. The van der Waals surface area contributed by atoms with Crippen molar-refractivity contribution >= 4 is 23.6 Å². The molecule has 0 radical (unpaired) electrons. The summed E-state index contributed by atoms with van der Waals surface area (Å²) in [6.07, 6.45) is 2.38. The molecular formula is C23H26N2O3S. The number of fused-ring (bicyclic) bond motifs is 1. The number of methoxy groups -OCH3 is 1. The summed E-state index contributed by atoms with van der Waals surface area (Å²) >= 11 is 1.69. The molecule has 1 saturated heterocycles. The van der Waals surface area contributed by atoms with E-state index in [0.717, 1.165) is 19.3 Å². The third-order valence-corrected chi connectivity index (χ3v) is 6.93. The van der Waals surface area contributed by atoms with Gasteiger partial charge in [0, 0.05) is 29.6 Å². The first-order valence-corrected chi connectivity index (χ1v) is 10.9. The number of piperidine rings is 1. The molecule has 29 heavy (non-hydrogen) atoms. The van der Waals surface area contributed by atoms with Gasteiger partial charge in [0.05, 0.1) is 12.4 Å². The number of aryl methyl sites for hydroxylation is 1. The van der Waals surface area contributed by atoms with Crippen molar-refractivity contribution in [3.63, 3.8) is 0 Å². The molecule has 2 amide bonds. The Morgan fingerprint density at radius 2 is 1.93 bits per heavy atom. The number of rotatable bonds is 4. The van der Waals surface area contributed by atoms with E-state index in [0.29, 0.717) is 24.4 Å². The molecule has 2 aromatic rings. The summed E-state index contributed by atoms with van der Waals surface area (Å²) < 4.78 is 5.19. The molecule has 4 rings (SSSR count). The van der Waals surface area contributed by atoms with Gasteiger partial charge in [-0.3, -0.25) is 9.59 Å². The fraction of sp³-hybridized carbons (Fsp3) is 0.391. The largest absolute Gasteiger partial charge is 0.497 e. The Labute approximate surface area is 175 Å². The second-order valence-corrected chi connectivity index (χ2v) is 8.97. The average molecular weight is 411 g/mol. The topological polar surface area (TPSA) is 58.6 Å². The molecule has 2 heterocycles. The highest BCUT2D eigenvalue weighted by molar-refractivity contribution is 8.01.